The summed E-state index contributed by atoms with van der Waals surface area (Å²) in [5, 5.41) is 0. The quantitative estimate of drug-likeness (QED) is 0.726. The van der Waals surface area contributed by atoms with Gasteiger partial charge in [-0.3, -0.25) is 0 Å². The molecule has 2 rings (SSSR count). The van der Waals surface area contributed by atoms with Crippen LogP contribution in [0.3, 0.4) is 0 Å². The van der Waals surface area contributed by atoms with E-state index in [0.717, 1.165) is 12.0 Å². The third-order valence-electron chi connectivity index (χ3n) is 3.47. The van der Waals surface area contributed by atoms with Crippen molar-refractivity contribution in [3.05, 3.63) is 71.3 Å². The third-order valence-corrected chi connectivity index (χ3v) is 3.47. The predicted molar refractivity (Wildman–Crippen MR) is 74.8 cm³/mol. The SMILES string of the molecule is CCc1ccc(CC(c2ccccc2)C(F)(F)F)cc1. The van der Waals surface area contributed by atoms with Crippen molar-refractivity contribution >= 4 is 0 Å². The van der Waals surface area contributed by atoms with Crippen LogP contribution in [0, 0.1) is 0 Å². The summed E-state index contributed by atoms with van der Waals surface area (Å²) in [6.07, 6.45) is -3.36. The van der Waals surface area contributed by atoms with Crippen LogP contribution in [0.25, 0.3) is 0 Å². The molecule has 2 aromatic rings. The summed E-state index contributed by atoms with van der Waals surface area (Å²) in [5.41, 5.74) is 2.17. The van der Waals surface area contributed by atoms with Crippen molar-refractivity contribution in [1.82, 2.24) is 0 Å². The molecule has 0 aromatic heterocycles. The van der Waals surface area contributed by atoms with Crippen molar-refractivity contribution in [3.63, 3.8) is 0 Å². The molecule has 0 radical (unpaired) electrons. The van der Waals surface area contributed by atoms with Gasteiger partial charge in [0.2, 0.25) is 0 Å². The number of hydrogen-bond acceptors (Lipinski definition) is 0. The van der Waals surface area contributed by atoms with Crippen molar-refractivity contribution in [1.29, 1.82) is 0 Å². The second kappa shape index (κ2) is 6.12. The van der Waals surface area contributed by atoms with Crippen molar-refractivity contribution in [2.24, 2.45) is 0 Å². The minimum Gasteiger partial charge on any atom is -0.170 e. The summed E-state index contributed by atoms with van der Waals surface area (Å²) in [6, 6.07) is 15.5. The molecule has 0 heterocycles. The molecule has 0 aliphatic rings. The number of alkyl halides is 3. The highest BCUT2D eigenvalue weighted by atomic mass is 19.4. The van der Waals surface area contributed by atoms with E-state index in [-0.39, 0.29) is 6.42 Å². The lowest BCUT2D eigenvalue weighted by Crippen LogP contribution is -2.23. The number of halogens is 3. The first kappa shape index (κ1) is 14.6. The molecule has 0 N–H and O–H groups in total. The van der Waals surface area contributed by atoms with E-state index in [1.165, 1.54) is 0 Å². The first-order chi connectivity index (χ1) is 9.50. The normalized spacial score (nSPS) is 13.2. The summed E-state index contributed by atoms with van der Waals surface area (Å²) in [6.45, 7) is 2.03. The molecule has 0 bridgehead atoms. The first-order valence-corrected chi connectivity index (χ1v) is 6.70. The average molecular weight is 278 g/mol. The minimum atomic E-state index is -4.23. The van der Waals surface area contributed by atoms with Crippen LogP contribution in [0.4, 0.5) is 13.2 Å². The Bertz CT molecular complexity index is 526. The molecule has 2 aromatic carbocycles. The standard InChI is InChI=1S/C17H17F3/c1-2-13-8-10-14(11-9-13)12-16(17(18,19)20)15-6-4-3-5-7-15/h3-11,16H,2,12H2,1H3. The van der Waals surface area contributed by atoms with Crippen LogP contribution in [-0.4, -0.2) is 6.18 Å². The van der Waals surface area contributed by atoms with E-state index < -0.39 is 12.1 Å². The molecule has 106 valence electrons. The highest BCUT2D eigenvalue weighted by molar-refractivity contribution is 5.28. The van der Waals surface area contributed by atoms with Crippen LogP contribution in [0.5, 0.6) is 0 Å². The van der Waals surface area contributed by atoms with E-state index in [9.17, 15) is 13.2 Å². The molecule has 0 aliphatic carbocycles. The van der Waals surface area contributed by atoms with Crippen LogP contribution < -0.4 is 0 Å². The minimum absolute atomic E-state index is 0.0164. The maximum atomic E-state index is 13.2. The average Bonchev–Trinajstić information content (AvgIpc) is 2.45. The Morgan fingerprint density at radius 3 is 1.90 bits per heavy atom. The molecule has 0 aliphatic heterocycles. The fourth-order valence-corrected chi connectivity index (χ4v) is 2.25. The zero-order valence-corrected chi connectivity index (χ0v) is 11.3. The Labute approximate surface area is 117 Å². The largest absolute Gasteiger partial charge is 0.396 e. The molecular weight excluding hydrogens is 261 g/mol. The summed E-state index contributed by atoms with van der Waals surface area (Å²) in [4.78, 5) is 0. The van der Waals surface area contributed by atoms with Gasteiger partial charge in [-0.1, -0.05) is 61.5 Å². The van der Waals surface area contributed by atoms with Crippen LogP contribution in [0.2, 0.25) is 0 Å². The smallest absolute Gasteiger partial charge is 0.170 e. The summed E-state index contributed by atoms with van der Waals surface area (Å²) >= 11 is 0. The van der Waals surface area contributed by atoms with Gasteiger partial charge in [-0.15, -0.1) is 0 Å². The van der Waals surface area contributed by atoms with Crippen LogP contribution >= 0.6 is 0 Å². The van der Waals surface area contributed by atoms with Crippen LogP contribution in [0.15, 0.2) is 54.6 Å². The van der Waals surface area contributed by atoms with E-state index in [1.807, 2.05) is 19.1 Å². The van der Waals surface area contributed by atoms with Gasteiger partial charge in [-0.05, 0) is 29.5 Å². The second-order valence-electron chi connectivity index (χ2n) is 4.88. The Morgan fingerprint density at radius 1 is 0.850 bits per heavy atom. The van der Waals surface area contributed by atoms with E-state index in [2.05, 4.69) is 0 Å². The second-order valence-corrected chi connectivity index (χ2v) is 4.88. The number of aryl methyl sites for hydroxylation is 1. The highest BCUT2D eigenvalue weighted by Crippen LogP contribution is 2.37. The van der Waals surface area contributed by atoms with Crippen molar-refractivity contribution in [2.45, 2.75) is 31.9 Å². The summed E-state index contributed by atoms with van der Waals surface area (Å²) in [7, 11) is 0. The van der Waals surface area contributed by atoms with Gasteiger partial charge < -0.3 is 0 Å². The van der Waals surface area contributed by atoms with Gasteiger partial charge in [-0.25, -0.2) is 0 Å². The van der Waals surface area contributed by atoms with Gasteiger partial charge in [-0.2, -0.15) is 13.2 Å². The van der Waals surface area contributed by atoms with Crippen LogP contribution in [0.1, 0.15) is 29.5 Å². The Balaban J connectivity index is 2.24. The Kier molecular flexibility index (Phi) is 4.48. The molecule has 1 atom stereocenters. The molecule has 0 saturated heterocycles. The van der Waals surface area contributed by atoms with E-state index in [0.29, 0.717) is 11.1 Å². The maximum Gasteiger partial charge on any atom is 0.396 e. The topological polar surface area (TPSA) is 0 Å². The number of benzene rings is 2. The zero-order valence-electron chi connectivity index (χ0n) is 11.3. The van der Waals surface area contributed by atoms with Gasteiger partial charge in [0.1, 0.15) is 0 Å². The fraction of sp³-hybridized carbons (Fsp3) is 0.294. The van der Waals surface area contributed by atoms with E-state index in [4.69, 9.17) is 0 Å². The van der Waals surface area contributed by atoms with Crippen molar-refractivity contribution in [2.75, 3.05) is 0 Å². The Morgan fingerprint density at radius 2 is 1.40 bits per heavy atom. The van der Waals surface area contributed by atoms with Gasteiger partial charge in [0.15, 0.2) is 0 Å². The molecule has 3 heteroatoms. The van der Waals surface area contributed by atoms with Crippen LogP contribution in [-0.2, 0) is 12.8 Å². The van der Waals surface area contributed by atoms with Gasteiger partial charge in [0.05, 0.1) is 5.92 Å². The van der Waals surface area contributed by atoms with E-state index >= 15 is 0 Å². The lowest BCUT2D eigenvalue weighted by Gasteiger charge is -2.21. The van der Waals surface area contributed by atoms with E-state index in [1.54, 1.807) is 42.5 Å². The highest BCUT2D eigenvalue weighted by Gasteiger charge is 2.40. The number of rotatable bonds is 4. The molecule has 0 amide bonds. The molecular formula is C17H17F3. The van der Waals surface area contributed by atoms with Gasteiger partial charge in [0, 0.05) is 0 Å². The molecule has 0 saturated carbocycles. The maximum absolute atomic E-state index is 13.2. The molecule has 0 nitrogen and oxygen atoms in total. The third kappa shape index (κ3) is 3.62. The lowest BCUT2D eigenvalue weighted by atomic mass is 9.91. The van der Waals surface area contributed by atoms with Crippen molar-refractivity contribution in [3.8, 4) is 0 Å². The number of hydrogen-bond donors (Lipinski definition) is 0. The van der Waals surface area contributed by atoms with Gasteiger partial charge >= 0.3 is 6.18 Å². The first-order valence-electron chi connectivity index (χ1n) is 6.70. The molecule has 0 fully saturated rings. The van der Waals surface area contributed by atoms with Crippen molar-refractivity contribution < 1.29 is 13.2 Å². The molecule has 1 unspecified atom stereocenters. The van der Waals surface area contributed by atoms with Gasteiger partial charge in [0.25, 0.3) is 0 Å². The monoisotopic (exact) mass is 278 g/mol. The molecule has 0 spiro atoms. The fourth-order valence-electron chi connectivity index (χ4n) is 2.25. The Hall–Kier alpha value is -1.77. The predicted octanol–water partition coefficient (Wildman–Crippen LogP) is 5.14. The lowest BCUT2D eigenvalue weighted by molar-refractivity contribution is -0.150. The zero-order chi connectivity index (χ0) is 14.6. The molecule has 20 heavy (non-hydrogen) atoms. The summed E-state index contributed by atoms with van der Waals surface area (Å²) < 4.78 is 39.7. The summed E-state index contributed by atoms with van der Waals surface area (Å²) in [5.74, 6) is -1.45.